The van der Waals surface area contributed by atoms with Crippen molar-refractivity contribution in [3.8, 4) is 0 Å². The van der Waals surface area contributed by atoms with E-state index in [2.05, 4.69) is 32.6 Å². The third-order valence-electron chi connectivity index (χ3n) is 4.47. The summed E-state index contributed by atoms with van der Waals surface area (Å²) in [5.74, 6) is 1.70. The highest BCUT2D eigenvalue weighted by molar-refractivity contribution is 5.74. The Bertz CT molecular complexity index is 699. The molecule has 3 heterocycles. The van der Waals surface area contributed by atoms with E-state index in [-0.39, 0.29) is 18.1 Å². The number of hydrogen-bond acceptors (Lipinski definition) is 4. The molecule has 0 fully saturated rings. The van der Waals surface area contributed by atoms with Crippen LogP contribution in [0, 0.1) is 0 Å². The molecule has 2 amide bonds. The summed E-state index contributed by atoms with van der Waals surface area (Å²) < 4.78 is 1.93. The Balaban J connectivity index is 1.67. The van der Waals surface area contributed by atoms with Crippen LogP contribution in [0.4, 0.5) is 4.79 Å². The summed E-state index contributed by atoms with van der Waals surface area (Å²) in [5, 5.41) is 10.6. The number of nitrogens with one attached hydrogen (secondary N) is 2. The number of rotatable bonds is 6. The Labute approximate surface area is 148 Å². The van der Waals surface area contributed by atoms with Crippen LogP contribution in [0.1, 0.15) is 69.0 Å². The molecule has 0 bridgehead atoms. The molecule has 0 unspecified atom stereocenters. The van der Waals surface area contributed by atoms with E-state index in [1.54, 1.807) is 6.20 Å². The molecule has 0 radical (unpaired) electrons. The molecule has 1 aliphatic rings. The maximum Gasteiger partial charge on any atom is 0.315 e. The van der Waals surface area contributed by atoms with Crippen LogP contribution in [-0.2, 0) is 13.0 Å². The van der Waals surface area contributed by atoms with E-state index in [0.717, 1.165) is 56.0 Å². The zero-order chi connectivity index (χ0) is 17.6. The second kappa shape index (κ2) is 8.09. The van der Waals surface area contributed by atoms with Gasteiger partial charge in [0, 0.05) is 19.2 Å². The van der Waals surface area contributed by atoms with E-state index in [0.29, 0.717) is 0 Å². The van der Waals surface area contributed by atoms with Gasteiger partial charge in [0.15, 0.2) is 5.82 Å². The Kier molecular flexibility index (Phi) is 5.63. The van der Waals surface area contributed by atoms with Crippen molar-refractivity contribution in [2.45, 2.75) is 64.6 Å². The van der Waals surface area contributed by atoms with Gasteiger partial charge in [-0.15, -0.1) is 0 Å². The van der Waals surface area contributed by atoms with Gasteiger partial charge in [-0.2, -0.15) is 5.10 Å². The molecule has 0 aliphatic carbocycles. The Morgan fingerprint density at radius 2 is 2.28 bits per heavy atom. The number of aromatic nitrogens is 4. The average molecular weight is 342 g/mol. The molecule has 0 saturated carbocycles. The summed E-state index contributed by atoms with van der Waals surface area (Å²) >= 11 is 0. The van der Waals surface area contributed by atoms with Crippen molar-refractivity contribution in [1.29, 1.82) is 0 Å². The molecule has 25 heavy (non-hydrogen) atoms. The van der Waals surface area contributed by atoms with Crippen LogP contribution in [0.15, 0.2) is 24.4 Å². The summed E-state index contributed by atoms with van der Waals surface area (Å²) in [7, 11) is 0. The minimum atomic E-state index is -0.177. The van der Waals surface area contributed by atoms with E-state index in [1.807, 2.05) is 29.8 Å². The molecule has 0 saturated heterocycles. The van der Waals surface area contributed by atoms with Crippen LogP contribution >= 0.6 is 0 Å². The van der Waals surface area contributed by atoms with Gasteiger partial charge in [0.05, 0.1) is 17.8 Å². The molecule has 2 aromatic heterocycles. The number of hydrogen-bond donors (Lipinski definition) is 2. The van der Waals surface area contributed by atoms with Crippen LogP contribution in [-0.4, -0.2) is 25.8 Å². The van der Waals surface area contributed by atoms with E-state index < -0.39 is 0 Å². The smallest absolute Gasteiger partial charge is 0.315 e. The second-order valence-corrected chi connectivity index (χ2v) is 6.37. The van der Waals surface area contributed by atoms with Crippen molar-refractivity contribution in [2.24, 2.45) is 0 Å². The molecule has 1 aliphatic heterocycles. The van der Waals surface area contributed by atoms with E-state index in [4.69, 9.17) is 0 Å². The van der Waals surface area contributed by atoms with Gasteiger partial charge in [-0.25, -0.2) is 14.5 Å². The molecule has 2 atom stereocenters. The SMILES string of the molecule is CCC[C@@H](NC(=O)N[C@H]1CCCn2nc(CC)nc21)c1ccccn1. The highest BCUT2D eigenvalue weighted by Gasteiger charge is 2.26. The summed E-state index contributed by atoms with van der Waals surface area (Å²) in [4.78, 5) is 21.5. The first-order chi connectivity index (χ1) is 12.2. The Morgan fingerprint density at radius 1 is 1.40 bits per heavy atom. The summed E-state index contributed by atoms with van der Waals surface area (Å²) in [5.41, 5.74) is 0.889. The number of carbonyl (C=O) groups excluding carboxylic acids is 1. The van der Waals surface area contributed by atoms with Gasteiger partial charge in [0.25, 0.3) is 0 Å². The van der Waals surface area contributed by atoms with Crippen LogP contribution in [0.2, 0.25) is 0 Å². The Hall–Kier alpha value is -2.44. The lowest BCUT2D eigenvalue weighted by Gasteiger charge is -2.25. The van der Waals surface area contributed by atoms with Crippen LogP contribution in [0.5, 0.6) is 0 Å². The molecule has 3 rings (SSSR count). The predicted molar refractivity (Wildman–Crippen MR) is 94.9 cm³/mol. The highest BCUT2D eigenvalue weighted by Crippen LogP contribution is 2.23. The highest BCUT2D eigenvalue weighted by atomic mass is 16.2. The van der Waals surface area contributed by atoms with Crippen molar-refractivity contribution >= 4 is 6.03 Å². The monoisotopic (exact) mass is 342 g/mol. The summed E-state index contributed by atoms with van der Waals surface area (Å²) in [6, 6.07) is 5.42. The fourth-order valence-electron chi connectivity index (χ4n) is 3.21. The number of nitrogens with zero attached hydrogens (tertiary/aromatic N) is 4. The average Bonchev–Trinajstić information content (AvgIpc) is 3.06. The van der Waals surface area contributed by atoms with Gasteiger partial charge < -0.3 is 10.6 Å². The quantitative estimate of drug-likeness (QED) is 0.845. The zero-order valence-corrected chi connectivity index (χ0v) is 14.9. The third kappa shape index (κ3) is 4.15. The molecular formula is C18H26N6O. The van der Waals surface area contributed by atoms with Crippen molar-refractivity contribution in [2.75, 3.05) is 0 Å². The fourth-order valence-corrected chi connectivity index (χ4v) is 3.21. The maximum absolute atomic E-state index is 12.5. The van der Waals surface area contributed by atoms with Gasteiger partial charge >= 0.3 is 6.03 Å². The molecule has 7 nitrogen and oxygen atoms in total. The first-order valence-corrected chi connectivity index (χ1v) is 9.12. The number of pyridine rings is 1. The van der Waals surface area contributed by atoms with Gasteiger partial charge in [0.1, 0.15) is 5.82 Å². The topological polar surface area (TPSA) is 84.7 Å². The summed E-state index contributed by atoms with van der Waals surface area (Å²) in [6.45, 7) is 5.01. The van der Waals surface area contributed by atoms with Crippen molar-refractivity contribution < 1.29 is 4.79 Å². The largest absolute Gasteiger partial charge is 0.330 e. The van der Waals surface area contributed by atoms with E-state index in [1.165, 1.54) is 0 Å². The first-order valence-electron chi connectivity index (χ1n) is 9.12. The van der Waals surface area contributed by atoms with Crippen molar-refractivity contribution in [1.82, 2.24) is 30.4 Å². The third-order valence-corrected chi connectivity index (χ3v) is 4.47. The second-order valence-electron chi connectivity index (χ2n) is 6.37. The van der Waals surface area contributed by atoms with E-state index >= 15 is 0 Å². The van der Waals surface area contributed by atoms with Gasteiger partial charge in [-0.3, -0.25) is 4.98 Å². The molecular weight excluding hydrogens is 316 g/mol. The molecule has 134 valence electrons. The number of carbonyl (C=O) groups is 1. The molecule has 7 heteroatoms. The van der Waals surface area contributed by atoms with Gasteiger partial charge in [-0.1, -0.05) is 26.3 Å². The molecule has 2 aromatic rings. The first kappa shape index (κ1) is 17.4. The van der Waals surface area contributed by atoms with Crippen molar-refractivity contribution in [3.63, 3.8) is 0 Å². The predicted octanol–water partition coefficient (Wildman–Crippen LogP) is 2.91. The molecule has 0 aromatic carbocycles. The summed E-state index contributed by atoms with van der Waals surface area (Å²) in [6.07, 6.45) is 6.26. The zero-order valence-electron chi connectivity index (χ0n) is 14.9. The molecule has 0 spiro atoms. The number of aryl methyl sites for hydroxylation is 2. The molecule has 2 N–H and O–H groups in total. The normalized spacial score (nSPS) is 17.6. The minimum absolute atomic E-state index is 0.0844. The standard InChI is InChI=1S/C18H26N6O/c1-3-8-14(13-9-5-6-11-19-13)20-18(25)21-15-10-7-12-24-17(15)22-16(4-2)23-24/h5-6,9,11,14-15H,3-4,7-8,10,12H2,1-2H3,(H2,20,21,25)/t14-,15+/m1/s1. The lowest BCUT2D eigenvalue weighted by atomic mass is 10.1. The van der Waals surface area contributed by atoms with Crippen LogP contribution in [0.3, 0.4) is 0 Å². The van der Waals surface area contributed by atoms with Crippen LogP contribution in [0.25, 0.3) is 0 Å². The van der Waals surface area contributed by atoms with Gasteiger partial charge in [-0.05, 0) is 31.4 Å². The van der Waals surface area contributed by atoms with Crippen LogP contribution < -0.4 is 10.6 Å². The number of fused-ring (bicyclic) bond motifs is 1. The Morgan fingerprint density at radius 3 is 3.00 bits per heavy atom. The lowest BCUT2D eigenvalue weighted by molar-refractivity contribution is 0.228. The van der Waals surface area contributed by atoms with Crippen molar-refractivity contribution in [3.05, 3.63) is 41.7 Å². The van der Waals surface area contributed by atoms with Gasteiger partial charge in [0.2, 0.25) is 0 Å². The maximum atomic E-state index is 12.5. The lowest BCUT2D eigenvalue weighted by Crippen LogP contribution is -2.42. The van der Waals surface area contributed by atoms with E-state index in [9.17, 15) is 4.79 Å². The number of urea groups is 1. The number of amides is 2. The fraction of sp³-hybridized carbons (Fsp3) is 0.556. The minimum Gasteiger partial charge on any atom is -0.330 e.